The number of carbonyl (C=O) groups is 3. The predicted octanol–water partition coefficient (Wildman–Crippen LogP) is 0.0241. The molecule has 1 aliphatic rings. The molecule has 106 valence electrons. The van der Waals surface area contributed by atoms with E-state index in [4.69, 9.17) is 5.73 Å². The van der Waals surface area contributed by atoms with Crippen LogP contribution in [0, 0.1) is 0 Å². The first-order chi connectivity index (χ1) is 9.47. The van der Waals surface area contributed by atoms with Crippen molar-refractivity contribution < 1.29 is 14.4 Å². The van der Waals surface area contributed by atoms with Gasteiger partial charge in [0.05, 0.1) is 0 Å². The van der Waals surface area contributed by atoms with Crippen molar-refractivity contribution in [3.05, 3.63) is 29.8 Å². The Bertz CT molecular complexity index is 558. The highest BCUT2D eigenvalue weighted by Crippen LogP contribution is 2.20. The second kappa shape index (κ2) is 5.60. The second-order valence-electron chi connectivity index (χ2n) is 4.63. The summed E-state index contributed by atoms with van der Waals surface area (Å²) in [6.45, 7) is 1.78. The Morgan fingerprint density at radius 2 is 2.05 bits per heavy atom. The monoisotopic (exact) mass is 276 g/mol. The molecule has 1 unspecified atom stereocenters. The van der Waals surface area contributed by atoms with Gasteiger partial charge in [0.25, 0.3) is 0 Å². The fourth-order valence-corrected chi connectivity index (χ4v) is 2.11. The lowest BCUT2D eigenvalue weighted by atomic mass is 10.1. The van der Waals surface area contributed by atoms with Crippen LogP contribution in [0.2, 0.25) is 0 Å². The number of hydrogen-bond donors (Lipinski definition) is 3. The van der Waals surface area contributed by atoms with E-state index >= 15 is 0 Å². The summed E-state index contributed by atoms with van der Waals surface area (Å²) in [5, 5.41) is 5.06. The number of hydrogen-bond acceptors (Lipinski definition) is 3. The predicted molar refractivity (Wildman–Crippen MR) is 72.7 cm³/mol. The third kappa shape index (κ3) is 3.05. The van der Waals surface area contributed by atoms with Gasteiger partial charge < -0.3 is 21.3 Å². The fraction of sp³-hybridized carbons (Fsp3) is 0.308. The summed E-state index contributed by atoms with van der Waals surface area (Å²) in [7, 11) is 0. The van der Waals surface area contributed by atoms with E-state index in [0.717, 1.165) is 5.56 Å². The SMILES string of the molecule is CC(NC(N)=O)C(=O)N1CC(=O)Nc2ccccc2C1. The van der Waals surface area contributed by atoms with Crippen molar-refractivity contribution in [3.63, 3.8) is 0 Å². The third-order valence-corrected chi connectivity index (χ3v) is 3.03. The summed E-state index contributed by atoms with van der Waals surface area (Å²) < 4.78 is 0. The van der Waals surface area contributed by atoms with Crippen LogP contribution in [0.3, 0.4) is 0 Å². The fourth-order valence-electron chi connectivity index (χ4n) is 2.11. The molecule has 0 aromatic heterocycles. The second-order valence-corrected chi connectivity index (χ2v) is 4.63. The van der Waals surface area contributed by atoms with Crippen LogP contribution in [0.4, 0.5) is 10.5 Å². The third-order valence-electron chi connectivity index (χ3n) is 3.03. The van der Waals surface area contributed by atoms with Crippen LogP contribution in [0.1, 0.15) is 12.5 Å². The number of nitrogens with one attached hydrogen (secondary N) is 2. The molecule has 1 aromatic carbocycles. The number of anilines is 1. The molecule has 1 aliphatic heterocycles. The number of para-hydroxylation sites is 1. The highest BCUT2D eigenvalue weighted by molar-refractivity contribution is 5.97. The van der Waals surface area contributed by atoms with Gasteiger partial charge in [-0.1, -0.05) is 18.2 Å². The van der Waals surface area contributed by atoms with E-state index in [1.54, 1.807) is 6.07 Å². The van der Waals surface area contributed by atoms with E-state index < -0.39 is 12.1 Å². The number of fused-ring (bicyclic) bond motifs is 1. The minimum Gasteiger partial charge on any atom is -0.352 e. The van der Waals surface area contributed by atoms with Gasteiger partial charge in [0, 0.05) is 12.2 Å². The number of benzene rings is 1. The molecule has 4 amide bonds. The van der Waals surface area contributed by atoms with Crippen LogP contribution >= 0.6 is 0 Å². The maximum Gasteiger partial charge on any atom is 0.312 e. The molecule has 0 radical (unpaired) electrons. The van der Waals surface area contributed by atoms with Crippen molar-refractivity contribution in [2.75, 3.05) is 11.9 Å². The Balaban J connectivity index is 2.19. The highest BCUT2D eigenvalue weighted by atomic mass is 16.2. The van der Waals surface area contributed by atoms with Crippen LogP contribution in [0.15, 0.2) is 24.3 Å². The molecule has 1 aromatic rings. The first-order valence-electron chi connectivity index (χ1n) is 6.20. The van der Waals surface area contributed by atoms with Gasteiger partial charge in [-0.25, -0.2) is 4.79 Å². The molecule has 1 heterocycles. The van der Waals surface area contributed by atoms with Crippen LogP contribution in [0.5, 0.6) is 0 Å². The van der Waals surface area contributed by atoms with Crippen molar-refractivity contribution in [1.82, 2.24) is 10.2 Å². The van der Waals surface area contributed by atoms with E-state index in [1.165, 1.54) is 11.8 Å². The van der Waals surface area contributed by atoms with Crippen LogP contribution in [-0.4, -0.2) is 35.3 Å². The molecule has 1 atom stereocenters. The number of primary amides is 1. The van der Waals surface area contributed by atoms with Gasteiger partial charge in [0.15, 0.2) is 0 Å². The molecule has 7 heteroatoms. The highest BCUT2D eigenvalue weighted by Gasteiger charge is 2.26. The molecule has 0 saturated carbocycles. The van der Waals surface area contributed by atoms with E-state index in [1.807, 2.05) is 18.2 Å². The van der Waals surface area contributed by atoms with Crippen molar-refractivity contribution in [1.29, 1.82) is 0 Å². The minimum absolute atomic E-state index is 0.0572. The Morgan fingerprint density at radius 3 is 2.75 bits per heavy atom. The standard InChI is InChI=1S/C13H16N4O3/c1-8(15-13(14)20)12(19)17-6-9-4-2-3-5-10(9)16-11(18)7-17/h2-5,8H,6-7H2,1H3,(H,16,18)(H3,14,15,20). The van der Waals surface area contributed by atoms with Gasteiger partial charge in [-0.15, -0.1) is 0 Å². The average Bonchev–Trinajstić information content (AvgIpc) is 2.54. The number of nitrogens with zero attached hydrogens (tertiary/aromatic N) is 1. The first kappa shape index (κ1) is 13.9. The lowest BCUT2D eigenvalue weighted by Crippen LogP contribution is -2.49. The molecule has 20 heavy (non-hydrogen) atoms. The van der Waals surface area contributed by atoms with Crippen LogP contribution < -0.4 is 16.4 Å². The van der Waals surface area contributed by atoms with E-state index in [-0.39, 0.29) is 18.4 Å². The smallest absolute Gasteiger partial charge is 0.312 e. The lowest BCUT2D eigenvalue weighted by molar-refractivity contribution is -0.136. The van der Waals surface area contributed by atoms with Crippen LogP contribution in [-0.2, 0) is 16.1 Å². The molecule has 4 N–H and O–H groups in total. The summed E-state index contributed by atoms with van der Waals surface area (Å²) in [5.74, 6) is -0.620. The molecular formula is C13H16N4O3. The van der Waals surface area contributed by atoms with Crippen LogP contribution in [0.25, 0.3) is 0 Å². The zero-order valence-electron chi connectivity index (χ0n) is 11.1. The number of carbonyl (C=O) groups excluding carboxylic acids is 3. The Morgan fingerprint density at radius 1 is 1.35 bits per heavy atom. The molecule has 0 spiro atoms. The summed E-state index contributed by atoms with van der Waals surface area (Å²) in [6, 6.07) is 5.73. The number of amides is 4. The maximum absolute atomic E-state index is 12.2. The Hall–Kier alpha value is -2.57. The largest absolute Gasteiger partial charge is 0.352 e. The van der Waals surface area contributed by atoms with Gasteiger partial charge in [-0.05, 0) is 18.6 Å². The summed E-state index contributed by atoms with van der Waals surface area (Å²) in [6.07, 6.45) is 0. The molecular weight excluding hydrogens is 260 g/mol. The quantitative estimate of drug-likeness (QED) is 0.709. The van der Waals surface area contributed by atoms with Gasteiger partial charge >= 0.3 is 6.03 Å². The van der Waals surface area contributed by atoms with Gasteiger partial charge in [-0.3, -0.25) is 9.59 Å². The van der Waals surface area contributed by atoms with E-state index in [9.17, 15) is 14.4 Å². The summed E-state index contributed by atoms with van der Waals surface area (Å²) >= 11 is 0. The summed E-state index contributed by atoms with van der Waals surface area (Å²) in [4.78, 5) is 36.2. The number of urea groups is 1. The molecule has 7 nitrogen and oxygen atoms in total. The Labute approximate surface area is 116 Å². The first-order valence-corrected chi connectivity index (χ1v) is 6.20. The topological polar surface area (TPSA) is 105 Å². The maximum atomic E-state index is 12.2. The van der Waals surface area contributed by atoms with E-state index in [2.05, 4.69) is 10.6 Å². The lowest BCUT2D eigenvalue weighted by Gasteiger charge is -2.23. The number of rotatable bonds is 2. The molecule has 2 rings (SSSR count). The summed E-state index contributed by atoms with van der Waals surface area (Å²) in [5.41, 5.74) is 6.54. The normalized spacial score (nSPS) is 15.7. The zero-order valence-corrected chi connectivity index (χ0v) is 11.1. The molecule has 0 aliphatic carbocycles. The van der Waals surface area contributed by atoms with Crippen molar-refractivity contribution in [3.8, 4) is 0 Å². The van der Waals surface area contributed by atoms with Crippen molar-refractivity contribution >= 4 is 23.5 Å². The Kier molecular flexibility index (Phi) is 3.88. The van der Waals surface area contributed by atoms with Gasteiger partial charge in [-0.2, -0.15) is 0 Å². The molecule has 0 bridgehead atoms. The van der Waals surface area contributed by atoms with Gasteiger partial charge in [0.1, 0.15) is 12.6 Å². The van der Waals surface area contributed by atoms with Crippen molar-refractivity contribution in [2.24, 2.45) is 5.73 Å². The average molecular weight is 276 g/mol. The molecule has 0 saturated heterocycles. The molecule has 0 fully saturated rings. The zero-order chi connectivity index (χ0) is 14.7. The minimum atomic E-state index is -0.773. The van der Waals surface area contributed by atoms with E-state index in [0.29, 0.717) is 12.2 Å². The van der Waals surface area contributed by atoms with Crippen molar-refractivity contribution in [2.45, 2.75) is 19.5 Å². The van der Waals surface area contributed by atoms with Gasteiger partial charge in [0.2, 0.25) is 11.8 Å². The number of nitrogens with two attached hydrogens (primary N) is 1.